The van der Waals surface area contributed by atoms with Crippen LogP contribution in [0.25, 0.3) is 0 Å². The first-order valence-corrected chi connectivity index (χ1v) is 10.5. The van der Waals surface area contributed by atoms with Crippen LogP contribution in [0.15, 0.2) is 18.2 Å². The van der Waals surface area contributed by atoms with E-state index < -0.39 is 6.04 Å². The highest BCUT2D eigenvalue weighted by Crippen LogP contribution is 2.32. The molecule has 1 aliphatic rings. The Morgan fingerprint density at radius 3 is 2.89 bits per heavy atom. The zero-order valence-electron chi connectivity index (χ0n) is 16.2. The Labute approximate surface area is 165 Å². The zero-order chi connectivity index (χ0) is 19.6. The van der Waals surface area contributed by atoms with Crippen molar-refractivity contribution in [2.75, 3.05) is 45.9 Å². The van der Waals surface area contributed by atoms with Crippen molar-refractivity contribution in [1.29, 1.82) is 0 Å². The predicted octanol–water partition coefficient (Wildman–Crippen LogP) is 1.26. The van der Waals surface area contributed by atoms with Crippen LogP contribution < -0.4 is 20.1 Å². The van der Waals surface area contributed by atoms with E-state index in [9.17, 15) is 9.59 Å². The van der Waals surface area contributed by atoms with Gasteiger partial charge in [0.05, 0.1) is 26.7 Å². The molecule has 1 unspecified atom stereocenters. The number of amides is 2. The summed E-state index contributed by atoms with van der Waals surface area (Å²) in [7, 11) is 3.20. The number of rotatable bonds is 10. The van der Waals surface area contributed by atoms with Gasteiger partial charge >= 0.3 is 0 Å². The molecule has 2 amide bonds. The van der Waals surface area contributed by atoms with Crippen LogP contribution in [0.4, 0.5) is 0 Å². The van der Waals surface area contributed by atoms with E-state index in [4.69, 9.17) is 9.47 Å². The summed E-state index contributed by atoms with van der Waals surface area (Å²) in [4.78, 5) is 26.7. The van der Waals surface area contributed by atoms with Gasteiger partial charge in [-0.2, -0.15) is 11.8 Å². The Balaban J connectivity index is 2.05. The molecule has 1 aromatic carbocycles. The first kappa shape index (κ1) is 21.4. The Morgan fingerprint density at radius 2 is 2.19 bits per heavy atom. The molecule has 27 heavy (non-hydrogen) atoms. The van der Waals surface area contributed by atoms with Crippen LogP contribution in [0.1, 0.15) is 18.4 Å². The number of nitrogens with zero attached hydrogens (tertiary/aromatic N) is 1. The van der Waals surface area contributed by atoms with Gasteiger partial charge in [-0.25, -0.2) is 0 Å². The molecule has 1 aromatic rings. The molecule has 0 aromatic heterocycles. The van der Waals surface area contributed by atoms with Gasteiger partial charge < -0.3 is 20.1 Å². The second kappa shape index (κ2) is 11.0. The van der Waals surface area contributed by atoms with Crippen molar-refractivity contribution in [2.45, 2.75) is 25.4 Å². The van der Waals surface area contributed by atoms with Gasteiger partial charge in [-0.05, 0) is 24.5 Å². The molecule has 0 bridgehead atoms. The molecule has 1 atom stereocenters. The Morgan fingerprint density at radius 1 is 1.37 bits per heavy atom. The lowest BCUT2D eigenvalue weighted by molar-refractivity contribution is -0.134. The molecular formula is C19H29N3O4S. The number of carbonyl (C=O) groups is 2. The molecule has 0 radical (unpaired) electrons. The lowest BCUT2D eigenvalue weighted by Crippen LogP contribution is -2.56. The number of thioether (sulfide) groups is 1. The van der Waals surface area contributed by atoms with Gasteiger partial charge in [0.15, 0.2) is 11.5 Å². The minimum absolute atomic E-state index is 0.0965. The molecule has 1 heterocycles. The minimum Gasteiger partial charge on any atom is -0.493 e. The molecule has 0 saturated carbocycles. The number of ether oxygens (including phenoxy) is 2. The van der Waals surface area contributed by atoms with E-state index in [1.54, 1.807) is 26.0 Å². The fourth-order valence-corrected chi connectivity index (χ4v) is 3.60. The van der Waals surface area contributed by atoms with Crippen LogP contribution in [0.5, 0.6) is 11.5 Å². The minimum atomic E-state index is -0.491. The quantitative estimate of drug-likeness (QED) is 0.581. The molecule has 0 spiro atoms. The van der Waals surface area contributed by atoms with Crippen LogP contribution in [0.3, 0.4) is 0 Å². The maximum atomic E-state index is 12.4. The summed E-state index contributed by atoms with van der Waals surface area (Å²) in [5.41, 5.74) is 0.928. The number of nitrogens with one attached hydrogen (secondary N) is 2. The number of piperazine rings is 1. The van der Waals surface area contributed by atoms with E-state index in [1.807, 2.05) is 29.4 Å². The number of carbonyl (C=O) groups excluding carboxylic acids is 2. The van der Waals surface area contributed by atoms with Crippen molar-refractivity contribution in [3.63, 3.8) is 0 Å². The highest BCUT2D eigenvalue weighted by molar-refractivity contribution is 7.98. The smallest absolute Gasteiger partial charge is 0.237 e. The van der Waals surface area contributed by atoms with Gasteiger partial charge in [-0.1, -0.05) is 12.1 Å². The monoisotopic (exact) mass is 395 g/mol. The summed E-state index contributed by atoms with van der Waals surface area (Å²) < 4.78 is 10.8. The Bertz CT molecular complexity index is 641. The molecule has 150 valence electrons. The molecule has 0 aliphatic carbocycles. The third-order valence-electron chi connectivity index (χ3n) is 4.53. The highest BCUT2D eigenvalue weighted by Gasteiger charge is 2.32. The average Bonchev–Trinajstić information content (AvgIpc) is 2.67. The van der Waals surface area contributed by atoms with E-state index in [-0.39, 0.29) is 18.2 Å². The number of hydrogen-bond donors (Lipinski definition) is 2. The Kier molecular flexibility index (Phi) is 8.74. The van der Waals surface area contributed by atoms with Crippen molar-refractivity contribution >= 4 is 23.6 Å². The molecule has 7 nitrogen and oxygen atoms in total. The molecule has 1 fully saturated rings. The SMILES string of the molecule is COc1cccc(CN2CCNC(=O)C2CC(=O)NCCCSC)c1OC. The first-order valence-electron chi connectivity index (χ1n) is 9.08. The van der Waals surface area contributed by atoms with Gasteiger partial charge in [-0.15, -0.1) is 0 Å². The van der Waals surface area contributed by atoms with Crippen LogP contribution in [0, 0.1) is 0 Å². The first-order chi connectivity index (χ1) is 13.1. The Hall–Kier alpha value is -1.93. The number of methoxy groups -OCH3 is 2. The molecule has 8 heteroatoms. The second-order valence-electron chi connectivity index (χ2n) is 6.33. The van der Waals surface area contributed by atoms with Crippen molar-refractivity contribution in [3.05, 3.63) is 23.8 Å². The van der Waals surface area contributed by atoms with Crippen molar-refractivity contribution in [3.8, 4) is 11.5 Å². The molecular weight excluding hydrogens is 366 g/mol. The van der Waals surface area contributed by atoms with E-state index in [0.29, 0.717) is 37.7 Å². The topological polar surface area (TPSA) is 79.9 Å². The standard InChI is InChI=1S/C19H29N3O4S/c1-25-16-7-4-6-14(18(16)26-2)13-22-10-9-21-19(24)15(22)12-17(23)20-8-5-11-27-3/h4,6-7,15H,5,8-13H2,1-3H3,(H,20,23)(H,21,24). The molecule has 2 N–H and O–H groups in total. The van der Waals surface area contributed by atoms with Crippen molar-refractivity contribution in [1.82, 2.24) is 15.5 Å². The zero-order valence-corrected chi connectivity index (χ0v) is 17.1. The van der Waals surface area contributed by atoms with E-state index in [0.717, 1.165) is 17.7 Å². The van der Waals surface area contributed by atoms with Crippen LogP contribution in [-0.2, 0) is 16.1 Å². The third-order valence-corrected chi connectivity index (χ3v) is 5.22. The maximum Gasteiger partial charge on any atom is 0.237 e. The number of benzene rings is 1. The number of para-hydroxylation sites is 1. The summed E-state index contributed by atoms with van der Waals surface area (Å²) in [6, 6.07) is 5.20. The lowest BCUT2D eigenvalue weighted by Gasteiger charge is -2.35. The normalized spacial score (nSPS) is 17.3. The molecule has 1 aliphatic heterocycles. The summed E-state index contributed by atoms with van der Waals surface area (Å²) in [5, 5.41) is 5.77. The summed E-state index contributed by atoms with van der Waals surface area (Å²) in [6.07, 6.45) is 3.12. The third kappa shape index (κ3) is 6.04. The van der Waals surface area contributed by atoms with Crippen molar-refractivity contribution < 1.29 is 19.1 Å². The second-order valence-corrected chi connectivity index (χ2v) is 7.32. The van der Waals surface area contributed by atoms with Gasteiger partial charge in [0.25, 0.3) is 0 Å². The average molecular weight is 396 g/mol. The fourth-order valence-electron chi connectivity index (χ4n) is 3.16. The van der Waals surface area contributed by atoms with E-state index in [1.165, 1.54) is 0 Å². The summed E-state index contributed by atoms with van der Waals surface area (Å²) in [6.45, 7) is 2.39. The number of hydrogen-bond acceptors (Lipinski definition) is 6. The van der Waals surface area contributed by atoms with Gasteiger partial charge in [-0.3, -0.25) is 14.5 Å². The predicted molar refractivity (Wildman–Crippen MR) is 107 cm³/mol. The van der Waals surface area contributed by atoms with Gasteiger partial charge in [0.1, 0.15) is 0 Å². The maximum absolute atomic E-state index is 12.4. The largest absolute Gasteiger partial charge is 0.493 e. The van der Waals surface area contributed by atoms with Gasteiger partial charge in [0, 0.05) is 31.7 Å². The van der Waals surface area contributed by atoms with Crippen LogP contribution in [0.2, 0.25) is 0 Å². The summed E-state index contributed by atoms with van der Waals surface area (Å²) >= 11 is 1.75. The highest BCUT2D eigenvalue weighted by atomic mass is 32.2. The lowest BCUT2D eigenvalue weighted by atomic mass is 10.1. The van der Waals surface area contributed by atoms with Crippen LogP contribution in [-0.4, -0.2) is 68.6 Å². The van der Waals surface area contributed by atoms with Crippen LogP contribution >= 0.6 is 11.8 Å². The molecule has 1 saturated heterocycles. The van der Waals surface area contributed by atoms with Gasteiger partial charge in [0.2, 0.25) is 11.8 Å². The van der Waals surface area contributed by atoms with Crippen molar-refractivity contribution in [2.24, 2.45) is 0 Å². The molecule has 2 rings (SSSR count). The van der Waals surface area contributed by atoms with E-state index >= 15 is 0 Å². The fraction of sp³-hybridized carbons (Fsp3) is 0.579. The summed E-state index contributed by atoms with van der Waals surface area (Å²) in [5.74, 6) is 2.11. The van der Waals surface area contributed by atoms with E-state index in [2.05, 4.69) is 10.6 Å².